The molecule has 0 amide bonds. The van der Waals surface area contributed by atoms with Crippen LogP contribution in [-0.2, 0) is 0 Å². The number of hydrogen-bond acceptors (Lipinski definition) is 3. The molecule has 1 aromatic carbocycles. The van der Waals surface area contributed by atoms with Crippen molar-refractivity contribution in [1.29, 1.82) is 0 Å². The SMILES string of the molecule is CCCCCSc1ccc([N+](=O)[O-])cc1. The van der Waals surface area contributed by atoms with Crippen LogP contribution in [0.25, 0.3) is 0 Å². The summed E-state index contributed by atoms with van der Waals surface area (Å²) in [6.07, 6.45) is 3.68. The molecule has 1 aromatic rings. The summed E-state index contributed by atoms with van der Waals surface area (Å²) < 4.78 is 0. The molecule has 0 saturated heterocycles. The summed E-state index contributed by atoms with van der Waals surface area (Å²) >= 11 is 1.76. The molecule has 4 heteroatoms. The van der Waals surface area contributed by atoms with Crippen LogP contribution in [0.5, 0.6) is 0 Å². The molecule has 1 rings (SSSR count). The molecular weight excluding hydrogens is 210 g/mol. The maximum absolute atomic E-state index is 10.4. The second-order valence-electron chi connectivity index (χ2n) is 3.31. The molecule has 0 unspecified atom stereocenters. The highest BCUT2D eigenvalue weighted by Crippen LogP contribution is 2.22. The second kappa shape index (κ2) is 6.45. The molecule has 0 aromatic heterocycles. The van der Waals surface area contributed by atoms with Gasteiger partial charge in [-0.3, -0.25) is 10.1 Å². The van der Waals surface area contributed by atoms with Crippen LogP contribution in [0.2, 0.25) is 0 Å². The minimum atomic E-state index is -0.370. The van der Waals surface area contributed by atoms with Gasteiger partial charge in [-0.1, -0.05) is 19.8 Å². The predicted octanol–water partition coefficient (Wildman–Crippen LogP) is 3.88. The van der Waals surface area contributed by atoms with Crippen molar-refractivity contribution in [3.63, 3.8) is 0 Å². The minimum Gasteiger partial charge on any atom is -0.258 e. The fraction of sp³-hybridized carbons (Fsp3) is 0.455. The average molecular weight is 225 g/mol. The first-order valence-electron chi connectivity index (χ1n) is 5.11. The lowest BCUT2D eigenvalue weighted by molar-refractivity contribution is -0.384. The van der Waals surface area contributed by atoms with Gasteiger partial charge in [0.2, 0.25) is 0 Å². The molecule has 0 radical (unpaired) electrons. The molecule has 3 nitrogen and oxygen atoms in total. The highest BCUT2D eigenvalue weighted by Gasteiger charge is 2.03. The van der Waals surface area contributed by atoms with Crippen molar-refractivity contribution in [2.75, 3.05) is 5.75 Å². The Balaban J connectivity index is 2.39. The van der Waals surface area contributed by atoms with E-state index < -0.39 is 0 Å². The number of unbranched alkanes of at least 4 members (excludes halogenated alkanes) is 2. The van der Waals surface area contributed by atoms with Gasteiger partial charge in [-0.2, -0.15) is 0 Å². The molecule has 0 spiro atoms. The van der Waals surface area contributed by atoms with E-state index >= 15 is 0 Å². The molecule has 0 heterocycles. The van der Waals surface area contributed by atoms with Crippen molar-refractivity contribution in [3.8, 4) is 0 Å². The lowest BCUT2D eigenvalue weighted by Gasteiger charge is -2.00. The molecule has 0 atom stereocenters. The smallest absolute Gasteiger partial charge is 0.258 e. The van der Waals surface area contributed by atoms with Gasteiger partial charge in [0.1, 0.15) is 0 Å². The van der Waals surface area contributed by atoms with E-state index in [1.807, 2.05) is 12.1 Å². The van der Waals surface area contributed by atoms with E-state index in [0.29, 0.717) is 0 Å². The van der Waals surface area contributed by atoms with E-state index in [9.17, 15) is 10.1 Å². The Morgan fingerprint density at radius 1 is 1.27 bits per heavy atom. The highest BCUT2D eigenvalue weighted by molar-refractivity contribution is 7.99. The molecule has 0 saturated carbocycles. The molecule has 0 aliphatic rings. The maximum Gasteiger partial charge on any atom is 0.269 e. The number of benzene rings is 1. The predicted molar refractivity (Wildman–Crippen MR) is 63.3 cm³/mol. The largest absolute Gasteiger partial charge is 0.269 e. The number of thioether (sulfide) groups is 1. The van der Waals surface area contributed by atoms with Gasteiger partial charge in [0, 0.05) is 17.0 Å². The summed E-state index contributed by atoms with van der Waals surface area (Å²) in [5, 5.41) is 10.4. The Kier molecular flexibility index (Phi) is 5.18. The van der Waals surface area contributed by atoms with Crippen LogP contribution < -0.4 is 0 Å². The topological polar surface area (TPSA) is 43.1 Å². The normalized spacial score (nSPS) is 10.2. The Hall–Kier alpha value is -1.03. The van der Waals surface area contributed by atoms with E-state index in [2.05, 4.69) is 6.92 Å². The first kappa shape index (κ1) is 12.0. The number of nitro benzene ring substituents is 1. The van der Waals surface area contributed by atoms with Crippen molar-refractivity contribution >= 4 is 17.4 Å². The molecule has 82 valence electrons. The van der Waals surface area contributed by atoms with Gasteiger partial charge in [-0.05, 0) is 24.3 Å². The number of non-ortho nitro benzene ring substituents is 1. The van der Waals surface area contributed by atoms with Gasteiger partial charge in [0.15, 0.2) is 0 Å². The molecule has 0 N–H and O–H groups in total. The molecule has 0 bridgehead atoms. The molecule has 0 aliphatic carbocycles. The summed E-state index contributed by atoms with van der Waals surface area (Å²) in [7, 11) is 0. The minimum absolute atomic E-state index is 0.160. The second-order valence-corrected chi connectivity index (χ2v) is 4.47. The quantitative estimate of drug-likeness (QED) is 0.319. The summed E-state index contributed by atoms with van der Waals surface area (Å²) in [6, 6.07) is 6.74. The van der Waals surface area contributed by atoms with Gasteiger partial charge in [-0.15, -0.1) is 11.8 Å². The molecule has 15 heavy (non-hydrogen) atoms. The highest BCUT2D eigenvalue weighted by atomic mass is 32.2. The van der Waals surface area contributed by atoms with E-state index in [0.717, 1.165) is 10.6 Å². The van der Waals surface area contributed by atoms with Crippen LogP contribution in [0.4, 0.5) is 5.69 Å². The standard InChI is InChI=1S/C11H15NO2S/c1-2-3-4-9-15-11-7-5-10(6-8-11)12(13)14/h5-8H,2-4,9H2,1H3. The summed E-state index contributed by atoms with van der Waals surface area (Å²) in [4.78, 5) is 11.1. The first-order chi connectivity index (χ1) is 7.24. The van der Waals surface area contributed by atoms with Crippen LogP contribution >= 0.6 is 11.8 Å². The Labute approximate surface area is 94.0 Å². The lowest BCUT2D eigenvalue weighted by atomic mass is 10.3. The third-order valence-electron chi connectivity index (χ3n) is 2.06. The zero-order valence-electron chi connectivity index (χ0n) is 8.81. The Morgan fingerprint density at radius 3 is 2.47 bits per heavy atom. The van der Waals surface area contributed by atoms with Crippen LogP contribution in [-0.4, -0.2) is 10.7 Å². The Morgan fingerprint density at radius 2 is 1.93 bits per heavy atom. The van der Waals surface area contributed by atoms with Crippen molar-refractivity contribution < 1.29 is 4.92 Å². The van der Waals surface area contributed by atoms with Crippen LogP contribution in [0.3, 0.4) is 0 Å². The van der Waals surface area contributed by atoms with Crippen LogP contribution in [0.15, 0.2) is 29.2 Å². The van der Waals surface area contributed by atoms with Crippen molar-refractivity contribution in [2.45, 2.75) is 31.1 Å². The summed E-state index contributed by atoms with van der Waals surface area (Å²) in [5.74, 6) is 1.09. The Bertz CT molecular complexity index is 311. The van der Waals surface area contributed by atoms with Crippen LogP contribution in [0, 0.1) is 10.1 Å². The number of nitrogens with zero attached hydrogens (tertiary/aromatic N) is 1. The summed E-state index contributed by atoms with van der Waals surface area (Å²) in [5.41, 5.74) is 0.160. The van der Waals surface area contributed by atoms with Gasteiger partial charge in [0.25, 0.3) is 5.69 Å². The van der Waals surface area contributed by atoms with E-state index in [-0.39, 0.29) is 10.6 Å². The van der Waals surface area contributed by atoms with Gasteiger partial charge >= 0.3 is 0 Å². The van der Waals surface area contributed by atoms with Crippen molar-refractivity contribution in [2.24, 2.45) is 0 Å². The number of rotatable bonds is 6. The summed E-state index contributed by atoms with van der Waals surface area (Å²) in [6.45, 7) is 2.18. The number of nitro groups is 1. The molecule has 0 fully saturated rings. The van der Waals surface area contributed by atoms with Gasteiger partial charge < -0.3 is 0 Å². The zero-order valence-corrected chi connectivity index (χ0v) is 9.63. The van der Waals surface area contributed by atoms with E-state index in [1.54, 1.807) is 23.9 Å². The first-order valence-corrected chi connectivity index (χ1v) is 6.10. The molecule has 0 aliphatic heterocycles. The van der Waals surface area contributed by atoms with Crippen molar-refractivity contribution in [1.82, 2.24) is 0 Å². The van der Waals surface area contributed by atoms with Gasteiger partial charge in [-0.25, -0.2) is 0 Å². The monoisotopic (exact) mass is 225 g/mol. The van der Waals surface area contributed by atoms with E-state index in [1.165, 1.54) is 19.3 Å². The van der Waals surface area contributed by atoms with Crippen molar-refractivity contribution in [3.05, 3.63) is 34.4 Å². The van der Waals surface area contributed by atoms with E-state index in [4.69, 9.17) is 0 Å². The van der Waals surface area contributed by atoms with Crippen LogP contribution in [0.1, 0.15) is 26.2 Å². The average Bonchev–Trinajstić information content (AvgIpc) is 2.25. The number of hydrogen-bond donors (Lipinski definition) is 0. The zero-order chi connectivity index (χ0) is 11.1. The van der Waals surface area contributed by atoms with Gasteiger partial charge in [0.05, 0.1) is 4.92 Å². The maximum atomic E-state index is 10.4. The third-order valence-corrected chi connectivity index (χ3v) is 3.16. The third kappa shape index (κ3) is 4.34. The molecular formula is C11H15NO2S. The fourth-order valence-corrected chi connectivity index (χ4v) is 2.12. The lowest BCUT2D eigenvalue weighted by Crippen LogP contribution is -1.87. The fourth-order valence-electron chi connectivity index (χ4n) is 1.21.